The van der Waals surface area contributed by atoms with Crippen molar-refractivity contribution in [1.82, 2.24) is 0 Å². The Kier molecular flexibility index (Phi) is 4.23. The van der Waals surface area contributed by atoms with Crippen molar-refractivity contribution in [3.8, 4) is 11.5 Å². The van der Waals surface area contributed by atoms with Gasteiger partial charge >= 0.3 is 0 Å². The van der Waals surface area contributed by atoms with Gasteiger partial charge in [0.25, 0.3) is 10.0 Å². The monoisotopic (exact) mass is 308 g/mol. The highest BCUT2D eigenvalue weighted by Gasteiger charge is 2.19. The van der Waals surface area contributed by atoms with Crippen LogP contribution in [-0.4, -0.2) is 22.6 Å². The van der Waals surface area contributed by atoms with Crippen LogP contribution in [0.5, 0.6) is 11.5 Å². The maximum Gasteiger partial charge on any atom is 0.265 e. The van der Waals surface area contributed by atoms with E-state index in [9.17, 15) is 8.42 Å². The molecule has 0 radical (unpaired) electrons. The average molecular weight is 308 g/mol. The lowest BCUT2D eigenvalue weighted by Crippen LogP contribution is -2.14. The topological polar surface area (TPSA) is 90.7 Å². The third-order valence-corrected chi connectivity index (χ3v) is 4.22. The summed E-state index contributed by atoms with van der Waals surface area (Å²) in [5.41, 5.74) is 6.44. The highest BCUT2D eigenvalue weighted by Crippen LogP contribution is 2.28. The fourth-order valence-corrected chi connectivity index (χ4v) is 3.00. The summed E-state index contributed by atoms with van der Waals surface area (Å²) in [5.74, 6) is 0.741. The number of anilines is 2. The molecule has 21 heavy (non-hydrogen) atoms. The van der Waals surface area contributed by atoms with Crippen LogP contribution in [0.1, 0.15) is 0 Å². The van der Waals surface area contributed by atoms with Crippen LogP contribution in [0.25, 0.3) is 0 Å². The first-order valence-corrected chi connectivity index (χ1v) is 7.55. The molecule has 2 aromatic rings. The fraction of sp³-hybridized carbons (Fsp3) is 0.143. The molecule has 0 aliphatic carbocycles. The standard InChI is InChI=1S/C14H16N2O4S/c1-19-12-5-3-4-11(9-12)16-21(17,18)14-7-6-10(15)8-13(14)20-2/h3-9,16H,15H2,1-2H3. The molecule has 112 valence electrons. The van der Waals surface area contributed by atoms with Gasteiger partial charge < -0.3 is 15.2 Å². The van der Waals surface area contributed by atoms with E-state index in [1.54, 1.807) is 24.3 Å². The maximum absolute atomic E-state index is 12.4. The second kappa shape index (κ2) is 5.92. The van der Waals surface area contributed by atoms with Gasteiger partial charge in [0.1, 0.15) is 16.4 Å². The Hall–Kier alpha value is -2.41. The minimum atomic E-state index is -3.78. The van der Waals surface area contributed by atoms with Gasteiger partial charge in [0.15, 0.2) is 0 Å². The molecule has 0 spiro atoms. The molecule has 2 rings (SSSR count). The minimum absolute atomic E-state index is 0.0158. The van der Waals surface area contributed by atoms with E-state index < -0.39 is 10.0 Å². The molecule has 0 atom stereocenters. The Balaban J connectivity index is 2.38. The molecule has 7 heteroatoms. The van der Waals surface area contributed by atoms with Crippen LogP contribution >= 0.6 is 0 Å². The number of hydrogen-bond acceptors (Lipinski definition) is 5. The van der Waals surface area contributed by atoms with E-state index in [4.69, 9.17) is 15.2 Å². The molecule has 3 N–H and O–H groups in total. The normalized spacial score (nSPS) is 11.0. The minimum Gasteiger partial charge on any atom is -0.497 e. The van der Waals surface area contributed by atoms with Crippen LogP contribution in [0.15, 0.2) is 47.4 Å². The van der Waals surface area contributed by atoms with Gasteiger partial charge in [-0.15, -0.1) is 0 Å². The van der Waals surface area contributed by atoms with Gasteiger partial charge in [-0.25, -0.2) is 8.42 Å². The van der Waals surface area contributed by atoms with Gasteiger partial charge in [-0.1, -0.05) is 6.07 Å². The van der Waals surface area contributed by atoms with Gasteiger partial charge in [-0.2, -0.15) is 0 Å². The number of methoxy groups -OCH3 is 2. The Morgan fingerprint density at radius 2 is 1.81 bits per heavy atom. The molecule has 0 saturated carbocycles. The van der Waals surface area contributed by atoms with Crippen LogP contribution in [0.3, 0.4) is 0 Å². The SMILES string of the molecule is COc1cccc(NS(=O)(=O)c2ccc(N)cc2OC)c1. The van der Waals surface area contributed by atoms with Crippen molar-refractivity contribution in [3.05, 3.63) is 42.5 Å². The first-order chi connectivity index (χ1) is 9.96. The van der Waals surface area contributed by atoms with Gasteiger partial charge in [0, 0.05) is 17.8 Å². The molecular formula is C14H16N2O4S. The second-order valence-corrected chi connectivity index (χ2v) is 5.90. The van der Waals surface area contributed by atoms with Crippen LogP contribution in [0.2, 0.25) is 0 Å². The first kappa shape index (κ1) is 15.0. The average Bonchev–Trinajstić information content (AvgIpc) is 2.46. The number of nitrogens with two attached hydrogens (primary N) is 1. The van der Waals surface area contributed by atoms with Gasteiger partial charge in [0.2, 0.25) is 0 Å². The molecule has 6 nitrogen and oxygen atoms in total. The largest absolute Gasteiger partial charge is 0.497 e. The van der Waals surface area contributed by atoms with Crippen molar-refractivity contribution in [2.24, 2.45) is 0 Å². The Morgan fingerprint density at radius 3 is 2.48 bits per heavy atom. The van der Waals surface area contributed by atoms with Crippen LogP contribution in [-0.2, 0) is 10.0 Å². The molecule has 0 amide bonds. The van der Waals surface area contributed by atoms with Crippen molar-refractivity contribution in [3.63, 3.8) is 0 Å². The molecule has 2 aromatic carbocycles. The summed E-state index contributed by atoms with van der Waals surface area (Å²) < 4.78 is 37.4. The zero-order chi connectivity index (χ0) is 15.5. The number of sulfonamides is 1. The highest BCUT2D eigenvalue weighted by molar-refractivity contribution is 7.92. The lowest BCUT2D eigenvalue weighted by molar-refractivity contribution is 0.403. The summed E-state index contributed by atoms with van der Waals surface area (Å²) in [5, 5.41) is 0. The molecule has 0 aliphatic rings. The third kappa shape index (κ3) is 3.38. The van der Waals surface area contributed by atoms with Gasteiger partial charge in [-0.05, 0) is 24.3 Å². The van der Waals surface area contributed by atoms with Crippen LogP contribution in [0.4, 0.5) is 11.4 Å². The summed E-state index contributed by atoms with van der Waals surface area (Å²) >= 11 is 0. The molecule has 0 saturated heterocycles. The van der Waals surface area contributed by atoms with Crippen LogP contribution in [0, 0.1) is 0 Å². The van der Waals surface area contributed by atoms with E-state index in [-0.39, 0.29) is 10.6 Å². The number of rotatable bonds is 5. The Bertz CT molecular complexity index is 744. The summed E-state index contributed by atoms with van der Waals surface area (Å²) in [6.45, 7) is 0. The van der Waals surface area contributed by atoms with Crippen molar-refractivity contribution in [2.75, 3.05) is 24.7 Å². The molecule has 0 bridgehead atoms. The summed E-state index contributed by atoms with van der Waals surface area (Å²) in [4.78, 5) is 0.0158. The first-order valence-electron chi connectivity index (χ1n) is 6.06. The lowest BCUT2D eigenvalue weighted by Gasteiger charge is -2.12. The van der Waals surface area contributed by atoms with E-state index in [1.165, 1.54) is 32.4 Å². The fourth-order valence-electron chi connectivity index (χ4n) is 1.80. The number of nitrogen functional groups attached to an aromatic ring is 1. The predicted molar refractivity (Wildman–Crippen MR) is 81.2 cm³/mol. The van der Waals surface area contributed by atoms with Crippen molar-refractivity contribution in [1.29, 1.82) is 0 Å². The third-order valence-electron chi connectivity index (χ3n) is 2.80. The summed E-state index contributed by atoms with van der Waals surface area (Å²) in [7, 11) is -0.885. The molecule has 0 aliphatic heterocycles. The van der Waals surface area contributed by atoms with Gasteiger partial charge in [0.05, 0.1) is 19.9 Å². The van der Waals surface area contributed by atoms with E-state index in [0.717, 1.165) is 0 Å². The van der Waals surface area contributed by atoms with E-state index in [0.29, 0.717) is 17.1 Å². The van der Waals surface area contributed by atoms with Crippen molar-refractivity contribution in [2.45, 2.75) is 4.90 Å². The second-order valence-electron chi connectivity index (χ2n) is 4.25. The smallest absolute Gasteiger partial charge is 0.265 e. The molecule has 0 unspecified atom stereocenters. The maximum atomic E-state index is 12.4. The Labute approximate surface area is 123 Å². The zero-order valence-electron chi connectivity index (χ0n) is 11.7. The lowest BCUT2D eigenvalue weighted by atomic mass is 10.3. The molecular weight excluding hydrogens is 292 g/mol. The van der Waals surface area contributed by atoms with E-state index in [2.05, 4.69) is 4.72 Å². The number of nitrogens with one attached hydrogen (secondary N) is 1. The van der Waals surface area contributed by atoms with Crippen LogP contribution < -0.4 is 19.9 Å². The number of hydrogen-bond donors (Lipinski definition) is 2. The number of benzene rings is 2. The molecule has 0 fully saturated rings. The molecule has 0 heterocycles. The van der Waals surface area contributed by atoms with E-state index >= 15 is 0 Å². The highest BCUT2D eigenvalue weighted by atomic mass is 32.2. The summed E-state index contributed by atoms with van der Waals surface area (Å²) in [6.07, 6.45) is 0. The Morgan fingerprint density at radius 1 is 1.05 bits per heavy atom. The number of ether oxygens (including phenoxy) is 2. The van der Waals surface area contributed by atoms with Gasteiger partial charge in [-0.3, -0.25) is 4.72 Å². The van der Waals surface area contributed by atoms with Crippen molar-refractivity contribution >= 4 is 21.4 Å². The summed E-state index contributed by atoms with van der Waals surface area (Å²) in [6, 6.07) is 11.0. The predicted octanol–water partition coefficient (Wildman–Crippen LogP) is 2.09. The molecule has 0 aromatic heterocycles. The quantitative estimate of drug-likeness (QED) is 0.825. The van der Waals surface area contributed by atoms with Crippen molar-refractivity contribution < 1.29 is 17.9 Å². The van der Waals surface area contributed by atoms with E-state index in [1.807, 2.05) is 0 Å². The zero-order valence-corrected chi connectivity index (χ0v) is 12.5.